The second-order valence-electron chi connectivity index (χ2n) is 5.13. The molecule has 1 aromatic rings. The first-order valence-corrected chi connectivity index (χ1v) is 10.2. The van der Waals surface area contributed by atoms with Crippen molar-refractivity contribution in [1.29, 1.82) is 0 Å². The summed E-state index contributed by atoms with van der Waals surface area (Å²) in [4.78, 5) is 10.3. The molecule has 1 N–H and O–H groups in total. The molecule has 1 fully saturated rings. The monoisotopic (exact) mass is 379 g/mol. The Kier molecular flexibility index (Phi) is 6.12. The van der Waals surface area contributed by atoms with Crippen LogP contribution < -0.4 is 5.32 Å². The molecule has 0 aliphatic carbocycles. The number of nitro benzene ring substituents is 1. The highest BCUT2D eigenvalue weighted by Crippen LogP contribution is 2.30. The number of hydrogen-bond acceptors (Lipinski definition) is 6. The van der Waals surface area contributed by atoms with E-state index in [0.29, 0.717) is 24.3 Å². The maximum Gasteiger partial charge on any atom is 0.271 e. The molecular formula is C13H18ClN3O4S2. The summed E-state index contributed by atoms with van der Waals surface area (Å²) in [5.74, 6) is 1.60. The van der Waals surface area contributed by atoms with Crippen LogP contribution >= 0.6 is 23.4 Å². The topological polar surface area (TPSA) is 92.5 Å². The fourth-order valence-electron chi connectivity index (χ4n) is 2.31. The molecule has 0 spiro atoms. The zero-order valence-electron chi connectivity index (χ0n) is 12.6. The van der Waals surface area contributed by atoms with Crippen LogP contribution in [0.4, 0.5) is 11.4 Å². The van der Waals surface area contributed by atoms with Gasteiger partial charge in [-0.05, 0) is 12.5 Å². The predicted octanol–water partition coefficient (Wildman–Crippen LogP) is 2.35. The van der Waals surface area contributed by atoms with Crippen LogP contribution in [0.15, 0.2) is 12.1 Å². The molecule has 2 rings (SSSR count). The number of benzene rings is 1. The van der Waals surface area contributed by atoms with Crippen molar-refractivity contribution in [2.45, 2.75) is 6.92 Å². The van der Waals surface area contributed by atoms with Gasteiger partial charge in [0.15, 0.2) is 0 Å². The molecular weight excluding hydrogens is 362 g/mol. The van der Waals surface area contributed by atoms with Gasteiger partial charge in [-0.1, -0.05) is 11.6 Å². The van der Waals surface area contributed by atoms with Gasteiger partial charge < -0.3 is 5.32 Å². The smallest absolute Gasteiger partial charge is 0.271 e. The third-order valence-electron chi connectivity index (χ3n) is 3.51. The minimum atomic E-state index is -3.29. The molecule has 0 saturated carbocycles. The van der Waals surface area contributed by atoms with Gasteiger partial charge in [0.1, 0.15) is 0 Å². The van der Waals surface area contributed by atoms with E-state index in [0.717, 1.165) is 11.5 Å². The van der Waals surface area contributed by atoms with E-state index in [1.165, 1.54) is 16.4 Å². The van der Waals surface area contributed by atoms with E-state index in [2.05, 4.69) is 5.32 Å². The molecule has 7 nitrogen and oxygen atoms in total. The van der Waals surface area contributed by atoms with Crippen molar-refractivity contribution < 1.29 is 13.3 Å². The fraction of sp³-hybridized carbons (Fsp3) is 0.538. The van der Waals surface area contributed by atoms with Crippen LogP contribution in [0.5, 0.6) is 0 Å². The standard InChI is InChI=1S/C13H18ClN3O4S2/c1-10-8-11(17(18)19)9-12(14)13(10)15-2-7-23(20,21)16-3-5-22-6-4-16/h8-9,15H,2-7H2,1H3. The van der Waals surface area contributed by atoms with Crippen molar-refractivity contribution in [2.75, 3.05) is 42.2 Å². The number of anilines is 1. The lowest BCUT2D eigenvalue weighted by Crippen LogP contribution is -2.40. The number of hydrogen-bond donors (Lipinski definition) is 1. The van der Waals surface area contributed by atoms with Crippen LogP contribution in [-0.4, -0.2) is 54.5 Å². The van der Waals surface area contributed by atoms with Gasteiger partial charge in [0.05, 0.1) is 21.4 Å². The van der Waals surface area contributed by atoms with Gasteiger partial charge >= 0.3 is 0 Å². The van der Waals surface area contributed by atoms with Crippen molar-refractivity contribution in [3.8, 4) is 0 Å². The molecule has 23 heavy (non-hydrogen) atoms. The third-order valence-corrected chi connectivity index (χ3v) is 6.62. The van der Waals surface area contributed by atoms with Gasteiger partial charge in [0.25, 0.3) is 5.69 Å². The number of nitrogens with zero attached hydrogens (tertiary/aromatic N) is 2. The number of nitro groups is 1. The summed E-state index contributed by atoms with van der Waals surface area (Å²) in [6.07, 6.45) is 0. The van der Waals surface area contributed by atoms with Gasteiger partial charge in [-0.15, -0.1) is 0 Å². The van der Waals surface area contributed by atoms with Gasteiger partial charge in [-0.3, -0.25) is 10.1 Å². The molecule has 0 atom stereocenters. The number of rotatable bonds is 6. The van der Waals surface area contributed by atoms with Crippen LogP contribution in [0.1, 0.15) is 5.56 Å². The Morgan fingerprint density at radius 2 is 2.04 bits per heavy atom. The van der Waals surface area contributed by atoms with Gasteiger partial charge in [0.2, 0.25) is 10.0 Å². The maximum absolute atomic E-state index is 12.2. The molecule has 10 heteroatoms. The summed E-state index contributed by atoms with van der Waals surface area (Å²) in [5, 5.41) is 14.0. The highest BCUT2D eigenvalue weighted by Gasteiger charge is 2.23. The summed E-state index contributed by atoms with van der Waals surface area (Å²) >= 11 is 7.80. The van der Waals surface area contributed by atoms with Crippen molar-refractivity contribution in [3.63, 3.8) is 0 Å². The Bertz CT molecular complexity index is 667. The second kappa shape index (κ2) is 7.69. The first-order valence-electron chi connectivity index (χ1n) is 7.05. The molecule has 1 aromatic carbocycles. The second-order valence-corrected chi connectivity index (χ2v) is 8.85. The molecule has 0 bridgehead atoms. The van der Waals surface area contributed by atoms with Crippen molar-refractivity contribution in [1.82, 2.24) is 4.31 Å². The number of sulfonamides is 1. The minimum absolute atomic E-state index is 0.0373. The van der Waals surface area contributed by atoms with Crippen LogP contribution in [0, 0.1) is 17.0 Å². The van der Waals surface area contributed by atoms with Gasteiger partial charge in [-0.2, -0.15) is 11.8 Å². The lowest BCUT2D eigenvalue weighted by Gasteiger charge is -2.25. The highest BCUT2D eigenvalue weighted by atomic mass is 35.5. The molecule has 0 radical (unpaired) electrons. The minimum Gasteiger partial charge on any atom is -0.383 e. The van der Waals surface area contributed by atoms with Gasteiger partial charge in [0, 0.05) is 43.3 Å². The average molecular weight is 380 g/mol. The van der Waals surface area contributed by atoms with Crippen molar-refractivity contribution in [2.24, 2.45) is 0 Å². The van der Waals surface area contributed by atoms with E-state index in [4.69, 9.17) is 11.6 Å². The molecule has 0 unspecified atom stereocenters. The van der Waals surface area contributed by atoms with E-state index in [-0.39, 0.29) is 23.0 Å². The van der Waals surface area contributed by atoms with E-state index in [1.54, 1.807) is 18.7 Å². The number of aryl methyl sites for hydroxylation is 1. The molecule has 1 saturated heterocycles. The lowest BCUT2D eigenvalue weighted by atomic mass is 10.2. The quantitative estimate of drug-likeness (QED) is 0.602. The number of halogens is 1. The van der Waals surface area contributed by atoms with E-state index < -0.39 is 14.9 Å². The third kappa shape index (κ3) is 4.72. The maximum atomic E-state index is 12.2. The number of nitrogens with one attached hydrogen (secondary N) is 1. The zero-order valence-corrected chi connectivity index (χ0v) is 15.0. The number of non-ortho nitro benzene ring substituents is 1. The Hall–Kier alpha value is -1.03. The lowest BCUT2D eigenvalue weighted by molar-refractivity contribution is -0.384. The van der Waals surface area contributed by atoms with E-state index in [1.807, 2.05) is 0 Å². The normalized spacial score (nSPS) is 16.3. The van der Waals surface area contributed by atoms with E-state index >= 15 is 0 Å². The summed E-state index contributed by atoms with van der Waals surface area (Å²) in [7, 11) is -3.29. The predicted molar refractivity (Wildman–Crippen MR) is 94.0 cm³/mol. The first kappa shape index (κ1) is 18.3. The Morgan fingerprint density at radius 1 is 1.39 bits per heavy atom. The molecule has 128 valence electrons. The molecule has 1 aliphatic heterocycles. The Labute approximate surface area is 144 Å². The number of thioether (sulfide) groups is 1. The molecule has 0 amide bonds. The van der Waals surface area contributed by atoms with Crippen LogP contribution in [0.25, 0.3) is 0 Å². The van der Waals surface area contributed by atoms with Crippen LogP contribution in [0.3, 0.4) is 0 Å². The Morgan fingerprint density at radius 3 is 2.61 bits per heavy atom. The van der Waals surface area contributed by atoms with Crippen LogP contribution in [-0.2, 0) is 10.0 Å². The van der Waals surface area contributed by atoms with Crippen molar-refractivity contribution in [3.05, 3.63) is 32.8 Å². The summed E-state index contributed by atoms with van der Waals surface area (Å²) in [6.45, 7) is 2.98. The summed E-state index contributed by atoms with van der Waals surface area (Å²) in [5.41, 5.74) is 1.05. The van der Waals surface area contributed by atoms with E-state index in [9.17, 15) is 18.5 Å². The highest BCUT2D eigenvalue weighted by molar-refractivity contribution is 7.99. The molecule has 0 aromatic heterocycles. The van der Waals surface area contributed by atoms with Gasteiger partial charge in [-0.25, -0.2) is 12.7 Å². The average Bonchev–Trinajstić information content (AvgIpc) is 2.50. The van der Waals surface area contributed by atoms with Crippen molar-refractivity contribution >= 4 is 44.8 Å². The molecule has 1 heterocycles. The fourth-order valence-corrected chi connectivity index (χ4v) is 5.13. The summed E-state index contributed by atoms with van der Waals surface area (Å²) in [6, 6.07) is 2.66. The zero-order chi connectivity index (χ0) is 17.0. The first-order chi connectivity index (χ1) is 10.8. The summed E-state index contributed by atoms with van der Waals surface area (Å²) < 4.78 is 26.0. The van der Waals surface area contributed by atoms with Crippen LogP contribution in [0.2, 0.25) is 5.02 Å². The molecule has 1 aliphatic rings. The largest absolute Gasteiger partial charge is 0.383 e. The Balaban J connectivity index is 2.00. The SMILES string of the molecule is Cc1cc([N+](=O)[O-])cc(Cl)c1NCCS(=O)(=O)N1CCSCC1.